The molecule has 1 heterocycles. The van der Waals surface area contributed by atoms with Crippen molar-refractivity contribution in [3.8, 4) is 5.75 Å². The van der Waals surface area contributed by atoms with E-state index in [2.05, 4.69) is 60.9 Å². The van der Waals surface area contributed by atoms with Crippen LogP contribution in [0.15, 0.2) is 47.4 Å². The molecule has 1 saturated carbocycles. The molecule has 8 heteroatoms. The zero-order chi connectivity index (χ0) is 25.9. The van der Waals surface area contributed by atoms with E-state index in [4.69, 9.17) is 4.74 Å². The van der Waals surface area contributed by atoms with E-state index < -0.39 is 18.0 Å². The van der Waals surface area contributed by atoms with Crippen molar-refractivity contribution in [3.63, 3.8) is 0 Å². The maximum atomic E-state index is 11.2. The maximum Gasteiger partial charge on any atom is 0.304 e. The van der Waals surface area contributed by atoms with Crippen molar-refractivity contribution in [2.45, 2.75) is 80.3 Å². The first-order valence-corrected chi connectivity index (χ1v) is 13.6. The second kappa shape index (κ2) is 11.2. The van der Waals surface area contributed by atoms with Crippen molar-refractivity contribution < 1.29 is 24.5 Å². The minimum Gasteiger partial charge on any atom is -0.496 e. The molecule has 4 rings (SSSR count). The molecule has 4 N–H and O–H groups in total. The lowest BCUT2D eigenvalue weighted by Crippen LogP contribution is -2.38. The largest absolute Gasteiger partial charge is 0.496 e. The summed E-state index contributed by atoms with van der Waals surface area (Å²) < 4.78 is 5.77. The van der Waals surface area contributed by atoms with Gasteiger partial charge in [-0.3, -0.25) is 14.9 Å². The summed E-state index contributed by atoms with van der Waals surface area (Å²) in [6.45, 7) is 4.84. The SMILES string of the molecule is CCCC1C2Sc3cc(CNC(CC(=O)O)CC(=O)O)c(OC)cc3[C@@H](c3ccccc3)N[C@]12CC. The van der Waals surface area contributed by atoms with Gasteiger partial charge in [-0.2, -0.15) is 0 Å². The third-order valence-corrected chi connectivity index (χ3v) is 9.17. The molecule has 7 nitrogen and oxygen atoms in total. The minimum atomic E-state index is -1.03. The lowest BCUT2D eigenvalue weighted by molar-refractivity contribution is -0.139. The fourth-order valence-electron chi connectivity index (χ4n) is 5.70. The molecule has 0 amide bonds. The lowest BCUT2D eigenvalue weighted by atomic mass is 9.94. The van der Waals surface area contributed by atoms with Gasteiger partial charge in [-0.05, 0) is 42.0 Å². The van der Waals surface area contributed by atoms with Gasteiger partial charge < -0.3 is 20.3 Å². The van der Waals surface area contributed by atoms with Crippen LogP contribution in [-0.2, 0) is 16.1 Å². The number of nitrogens with one attached hydrogen (secondary N) is 2. The number of hydrogen-bond donors (Lipinski definition) is 4. The summed E-state index contributed by atoms with van der Waals surface area (Å²) in [5.41, 5.74) is 3.37. The van der Waals surface area contributed by atoms with Crippen molar-refractivity contribution in [3.05, 3.63) is 59.2 Å². The van der Waals surface area contributed by atoms with Crippen molar-refractivity contribution in [1.29, 1.82) is 0 Å². The molecule has 0 aromatic heterocycles. The van der Waals surface area contributed by atoms with E-state index in [9.17, 15) is 19.8 Å². The van der Waals surface area contributed by atoms with E-state index in [0.29, 0.717) is 23.5 Å². The Morgan fingerprint density at radius 1 is 1.14 bits per heavy atom. The van der Waals surface area contributed by atoms with Crippen LogP contribution in [-0.4, -0.2) is 46.1 Å². The van der Waals surface area contributed by atoms with Crippen LogP contribution in [0.5, 0.6) is 5.75 Å². The molecule has 1 aliphatic heterocycles. The Morgan fingerprint density at radius 3 is 2.42 bits per heavy atom. The standard InChI is InChI=1S/C28H36N2O5S/c1-4-9-21-27-28(21,5-2)30-26(17-10-7-6-8-11-17)20-15-22(35-3)18(12-23(20)36-27)16-29-19(13-24(31)32)14-25(33)34/h6-8,10-12,15,19,21,26-27,29-30H,4-5,9,13-14,16H2,1-3H3,(H,31,32)(H,33,34)/t21?,26-,27?,28-/m1/s1. The number of hydrogen-bond acceptors (Lipinski definition) is 6. The van der Waals surface area contributed by atoms with Crippen LogP contribution in [0.2, 0.25) is 0 Å². The molecule has 0 spiro atoms. The van der Waals surface area contributed by atoms with Crippen LogP contribution < -0.4 is 15.4 Å². The van der Waals surface area contributed by atoms with Crippen LogP contribution in [0.1, 0.15) is 68.7 Å². The Balaban J connectivity index is 1.70. The molecule has 0 saturated heterocycles. The number of carboxylic acid groups (broad SMARTS) is 2. The average molecular weight is 513 g/mol. The molecule has 2 aromatic carbocycles. The highest BCUT2D eigenvalue weighted by molar-refractivity contribution is 8.00. The van der Waals surface area contributed by atoms with Gasteiger partial charge in [0, 0.05) is 33.8 Å². The smallest absolute Gasteiger partial charge is 0.304 e. The van der Waals surface area contributed by atoms with E-state index in [1.54, 1.807) is 7.11 Å². The van der Waals surface area contributed by atoms with Gasteiger partial charge in [0.15, 0.2) is 0 Å². The van der Waals surface area contributed by atoms with Gasteiger partial charge in [-0.1, -0.05) is 50.6 Å². The molecule has 36 heavy (non-hydrogen) atoms. The highest BCUT2D eigenvalue weighted by Gasteiger charge is 2.64. The van der Waals surface area contributed by atoms with Crippen LogP contribution in [0.25, 0.3) is 0 Å². The number of aliphatic carboxylic acids is 2. The number of carboxylic acids is 2. The van der Waals surface area contributed by atoms with Crippen LogP contribution in [0.4, 0.5) is 0 Å². The lowest BCUT2D eigenvalue weighted by Gasteiger charge is -2.27. The third-order valence-electron chi connectivity index (χ3n) is 7.56. The summed E-state index contributed by atoms with van der Waals surface area (Å²) in [6.07, 6.45) is 2.89. The number of rotatable bonds is 12. The summed E-state index contributed by atoms with van der Waals surface area (Å²) in [5, 5.41) is 26.1. The van der Waals surface area contributed by atoms with Gasteiger partial charge in [0.25, 0.3) is 0 Å². The van der Waals surface area contributed by atoms with Crippen LogP contribution in [0, 0.1) is 5.92 Å². The minimum absolute atomic E-state index is 0.0307. The average Bonchev–Trinajstić information content (AvgIpc) is 3.48. The number of ether oxygens (including phenoxy) is 1. The first-order valence-electron chi connectivity index (χ1n) is 12.7. The van der Waals surface area contributed by atoms with Gasteiger partial charge in [-0.15, -0.1) is 11.8 Å². The van der Waals surface area contributed by atoms with Gasteiger partial charge in [-0.25, -0.2) is 0 Å². The number of fused-ring (bicyclic) bond motifs is 2. The molecule has 0 radical (unpaired) electrons. The Hall–Kier alpha value is -2.55. The maximum absolute atomic E-state index is 11.2. The Bertz CT molecular complexity index is 1080. The third kappa shape index (κ3) is 5.41. The van der Waals surface area contributed by atoms with Crippen molar-refractivity contribution >= 4 is 23.7 Å². The normalized spacial score (nSPS) is 24.5. The Morgan fingerprint density at radius 2 is 1.83 bits per heavy atom. The second-order valence-corrected chi connectivity index (χ2v) is 11.0. The first kappa shape index (κ1) is 26.5. The molecule has 194 valence electrons. The molecule has 2 aliphatic rings. The van der Waals surface area contributed by atoms with E-state index in [0.717, 1.165) is 18.4 Å². The highest BCUT2D eigenvalue weighted by Crippen LogP contribution is 2.62. The molecule has 1 fully saturated rings. The van der Waals surface area contributed by atoms with Crippen molar-refractivity contribution in [2.75, 3.05) is 7.11 Å². The fraction of sp³-hybridized carbons (Fsp3) is 0.500. The summed E-state index contributed by atoms with van der Waals surface area (Å²) in [6, 6.07) is 14.1. The topological polar surface area (TPSA) is 108 Å². The number of methoxy groups -OCH3 is 1. The van der Waals surface area contributed by atoms with Gasteiger partial charge in [0.1, 0.15) is 5.75 Å². The van der Waals surface area contributed by atoms with Crippen molar-refractivity contribution in [2.24, 2.45) is 5.92 Å². The van der Waals surface area contributed by atoms with Crippen molar-refractivity contribution in [1.82, 2.24) is 10.6 Å². The van der Waals surface area contributed by atoms with E-state index in [-0.39, 0.29) is 24.4 Å². The Labute approximate surface area is 217 Å². The first-order chi connectivity index (χ1) is 17.3. The quantitative estimate of drug-likeness (QED) is 0.320. The Kier molecular flexibility index (Phi) is 8.27. The van der Waals surface area contributed by atoms with E-state index in [1.165, 1.54) is 22.4 Å². The van der Waals surface area contributed by atoms with Crippen LogP contribution >= 0.6 is 11.8 Å². The van der Waals surface area contributed by atoms with Gasteiger partial charge in [0.2, 0.25) is 0 Å². The fourth-order valence-corrected chi connectivity index (χ4v) is 7.58. The highest BCUT2D eigenvalue weighted by atomic mass is 32.2. The monoisotopic (exact) mass is 512 g/mol. The zero-order valence-electron chi connectivity index (χ0n) is 21.1. The van der Waals surface area contributed by atoms with E-state index >= 15 is 0 Å². The summed E-state index contributed by atoms with van der Waals surface area (Å²) >= 11 is 1.93. The molecule has 4 atom stereocenters. The number of benzene rings is 2. The predicted molar refractivity (Wildman–Crippen MR) is 141 cm³/mol. The van der Waals surface area contributed by atoms with E-state index in [1.807, 2.05) is 17.8 Å². The second-order valence-electron chi connectivity index (χ2n) is 9.79. The summed E-state index contributed by atoms with van der Waals surface area (Å²) in [7, 11) is 1.63. The molecule has 2 aromatic rings. The van der Waals surface area contributed by atoms with Gasteiger partial charge in [0.05, 0.1) is 26.0 Å². The van der Waals surface area contributed by atoms with Gasteiger partial charge >= 0.3 is 11.9 Å². The zero-order valence-corrected chi connectivity index (χ0v) is 21.9. The number of carbonyl (C=O) groups is 2. The molecular weight excluding hydrogens is 476 g/mol. The predicted octanol–water partition coefficient (Wildman–Crippen LogP) is 4.83. The molecule has 2 unspecified atom stereocenters. The van der Waals surface area contributed by atoms with Crippen LogP contribution in [0.3, 0.4) is 0 Å². The summed E-state index contributed by atoms with van der Waals surface area (Å²) in [5.74, 6) is -0.737. The molecule has 1 aliphatic carbocycles. The summed E-state index contributed by atoms with van der Waals surface area (Å²) in [4.78, 5) is 23.7. The number of thioether (sulfide) groups is 1. The molecular formula is C28H36N2O5S. The molecule has 0 bridgehead atoms.